The lowest BCUT2D eigenvalue weighted by atomic mass is 10.0. The second-order valence-electron chi connectivity index (χ2n) is 7.13. The Balaban J connectivity index is 1.76. The summed E-state index contributed by atoms with van der Waals surface area (Å²) in [5, 5.41) is 3.13. The summed E-state index contributed by atoms with van der Waals surface area (Å²) in [6.07, 6.45) is 1.60. The van der Waals surface area contributed by atoms with Crippen molar-refractivity contribution in [3.8, 4) is 23.0 Å². The molecule has 31 heavy (non-hydrogen) atoms. The highest BCUT2D eigenvalue weighted by molar-refractivity contribution is 6.36. The molecule has 0 atom stereocenters. The minimum atomic E-state index is -0.360. The predicted octanol–water partition coefficient (Wildman–Crippen LogP) is 3.42. The van der Waals surface area contributed by atoms with Gasteiger partial charge in [-0.3, -0.25) is 14.5 Å². The average Bonchev–Trinajstić information content (AvgIpc) is 3.34. The molecule has 2 aliphatic rings. The molecule has 0 saturated heterocycles. The van der Waals surface area contributed by atoms with E-state index in [0.29, 0.717) is 46.4 Å². The number of benzene rings is 2. The number of nitrogens with zero attached hydrogens (tertiary/aromatic N) is 1. The number of methoxy groups -OCH3 is 2. The molecule has 2 aromatic carbocycles. The maximum atomic E-state index is 13.3. The maximum Gasteiger partial charge on any atom is 0.278 e. The lowest BCUT2D eigenvalue weighted by Gasteiger charge is -2.14. The molecule has 0 saturated carbocycles. The van der Waals surface area contributed by atoms with E-state index >= 15 is 0 Å². The minimum Gasteiger partial charge on any atom is -0.493 e. The van der Waals surface area contributed by atoms with Crippen molar-refractivity contribution >= 4 is 23.1 Å². The maximum absolute atomic E-state index is 13.3. The van der Waals surface area contributed by atoms with Gasteiger partial charge in [0.2, 0.25) is 6.79 Å². The summed E-state index contributed by atoms with van der Waals surface area (Å²) < 4.78 is 21.4. The SMILES string of the molecule is CCCCN1C(=O)C(Nc2ccc3c(c2)OCO3)=C(c2ccc(OC)c(OC)c2)C1=O. The molecule has 0 fully saturated rings. The third-order valence-corrected chi connectivity index (χ3v) is 5.22. The Morgan fingerprint density at radius 1 is 0.968 bits per heavy atom. The molecule has 0 spiro atoms. The number of ether oxygens (including phenoxy) is 4. The van der Waals surface area contributed by atoms with Gasteiger partial charge >= 0.3 is 0 Å². The molecule has 2 aliphatic heterocycles. The fourth-order valence-electron chi connectivity index (χ4n) is 3.59. The van der Waals surface area contributed by atoms with E-state index in [2.05, 4.69) is 5.32 Å². The van der Waals surface area contributed by atoms with Crippen LogP contribution in [0.25, 0.3) is 5.57 Å². The topological polar surface area (TPSA) is 86.3 Å². The summed E-state index contributed by atoms with van der Waals surface area (Å²) in [5.74, 6) is 1.53. The minimum absolute atomic E-state index is 0.153. The molecule has 8 nitrogen and oxygen atoms in total. The largest absolute Gasteiger partial charge is 0.493 e. The summed E-state index contributed by atoms with van der Waals surface area (Å²) >= 11 is 0. The molecule has 0 bridgehead atoms. The standard InChI is InChI=1S/C23H24N2O6/c1-4-5-10-25-22(26)20(14-6-8-16(28-2)18(11-14)29-3)21(23(25)27)24-15-7-9-17-19(12-15)31-13-30-17/h6-9,11-12,24H,4-5,10,13H2,1-3H3. The zero-order valence-electron chi connectivity index (χ0n) is 17.7. The first-order valence-electron chi connectivity index (χ1n) is 10.1. The Morgan fingerprint density at radius 2 is 1.74 bits per heavy atom. The first kappa shape index (κ1) is 20.6. The molecule has 0 aliphatic carbocycles. The van der Waals surface area contributed by atoms with Crippen LogP contribution in [0.2, 0.25) is 0 Å². The van der Waals surface area contributed by atoms with Gasteiger partial charge in [0.15, 0.2) is 23.0 Å². The Labute approximate surface area is 180 Å². The van der Waals surface area contributed by atoms with E-state index in [1.54, 1.807) is 43.5 Å². The molecule has 0 radical (unpaired) electrons. The van der Waals surface area contributed by atoms with Crippen LogP contribution in [0.5, 0.6) is 23.0 Å². The molecule has 8 heteroatoms. The van der Waals surface area contributed by atoms with Crippen LogP contribution in [-0.2, 0) is 9.59 Å². The van der Waals surface area contributed by atoms with Gasteiger partial charge in [0.1, 0.15) is 5.70 Å². The average molecular weight is 424 g/mol. The molecule has 1 N–H and O–H groups in total. The molecule has 2 aromatic rings. The van der Waals surface area contributed by atoms with E-state index in [0.717, 1.165) is 12.8 Å². The van der Waals surface area contributed by atoms with Crippen LogP contribution in [-0.4, -0.2) is 44.3 Å². The van der Waals surface area contributed by atoms with E-state index in [9.17, 15) is 9.59 Å². The van der Waals surface area contributed by atoms with E-state index in [1.165, 1.54) is 12.0 Å². The lowest BCUT2D eigenvalue weighted by Crippen LogP contribution is -2.33. The normalized spacial score (nSPS) is 15.0. The number of fused-ring (bicyclic) bond motifs is 1. The van der Waals surface area contributed by atoms with E-state index in [-0.39, 0.29) is 24.3 Å². The number of hydrogen-bond donors (Lipinski definition) is 1. The number of anilines is 1. The zero-order chi connectivity index (χ0) is 22.0. The van der Waals surface area contributed by atoms with Gasteiger partial charge in [0, 0.05) is 18.3 Å². The van der Waals surface area contributed by atoms with Gasteiger partial charge in [-0.05, 0) is 36.2 Å². The first-order chi connectivity index (χ1) is 15.1. The molecule has 4 rings (SSSR count). The molecule has 2 amide bonds. The van der Waals surface area contributed by atoms with Gasteiger partial charge in [-0.1, -0.05) is 19.4 Å². The third-order valence-electron chi connectivity index (χ3n) is 5.22. The van der Waals surface area contributed by atoms with Crippen molar-refractivity contribution in [2.75, 3.05) is 32.9 Å². The highest BCUT2D eigenvalue weighted by atomic mass is 16.7. The number of nitrogens with one attached hydrogen (secondary N) is 1. The Hall–Kier alpha value is -3.68. The van der Waals surface area contributed by atoms with Gasteiger partial charge in [0.25, 0.3) is 11.8 Å². The van der Waals surface area contributed by atoms with Crippen molar-refractivity contribution in [3.63, 3.8) is 0 Å². The fourth-order valence-corrected chi connectivity index (χ4v) is 3.59. The number of amides is 2. The van der Waals surface area contributed by atoms with Crippen LogP contribution in [0.1, 0.15) is 25.3 Å². The summed E-state index contributed by atoms with van der Waals surface area (Å²) in [6.45, 7) is 2.53. The second kappa shape index (κ2) is 8.59. The zero-order valence-corrected chi connectivity index (χ0v) is 17.7. The van der Waals surface area contributed by atoms with Gasteiger partial charge in [-0.15, -0.1) is 0 Å². The van der Waals surface area contributed by atoms with Crippen molar-refractivity contribution in [3.05, 3.63) is 47.7 Å². The number of imide groups is 1. The fraction of sp³-hybridized carbons (Fsp3) is 0.304. The first-order valence-corrected chi connectivity index (χ1v) is 10.1. The molecule has 2 heterocycles. The number of carbonyl (C=O) groups is 2. The molecular formula is C23H24N2O6. The van der Waals surface area contributed by atoms with Crippen LogP contribution in [0.3, 0.4) is 0 Å². The summed E-state index contributed by atoms with van der Waals surface area (Å²) in [5.41, 5.74) is 1.70. The van der Waals surface area contributed by atoms with Crippen LogP contribution < -0.4 is 24.3 Å². The Kier molecular flexibility index (Phi) is 5.70. The van der Waals surface area contributed by atoms with Crippen molar-refractivity contribution in [1.29, 1.82) is 0 Å². The molecule has 0 aromatic heterocycles. The number of carbonyl (C=O) groups excluding carboxylic acids is 2. The lowest BCUT2D eigenvalue weighted by molar-refractivity contribution is -0.136. The highest BCUT2D eigenvalue weighted by Gasteiger charge is 2.39. The number of hydrogen-bond acceptors (Lipinski definition) is 7. The molecule has 0 unspecified atom stereocenters. The van der Waals surface area contributed by atoms with Gasteiger partial charge < -0.3 is 24.3 Å². The van der Waals surface area contributed by atoms with Crippen LogP contribution in [0.15, 0.2) is 42.1 Å². The van der Waals surface area contributed by atoms with Crippen molar-refractivity contribution in [2.24, 2.45) is 0 Å². The third kappa shape index (κ3) is 3.76. The predicted molar refractivity (Wildman–Crippen MR) is 114 cm³/mol. The quantitative estimate of drug-likeness (QED) is 0.650. The summed E-state index contributed by atoms with van der Waals surface area (Å²) in [7, 11) is 3.07. The highest BCUT2D eigenvalue weighted by Crippen LogP contribution is 2.38. The van der Waals surface area contributed by atoms with Gasteiger partial charge in [-0.25, -0.2) is 0 Å². The Morgan fingerprint density at radius 3 is 2.48 bits per heavy atom. The van der Waals surface area contributed by atoms with E-state index in [1.807, 2.05) is 6.92 Å². The molecular weight excluding hydrogens is 400 g/mol. The van der Waals surface area contributed by atoms with Crippen LogP contribution >= 0.6 is 0 Å². The van der Waals surface area contributed by atoms with E-state index in [4.69, 9.17) is 18.9 Å². The number of rotatable bonds is 8. The second-order valence-corrected chi connectivity index (χ2v) is 7.13. The van der Waals surface area contributed by atoms with Gasteiger partial charge in [-0.2, -0.15) is 0 Å². The smallest absolute Gasteiger partial charge is 0.278 e. The Bertz CT molecular complexity index is 1060. The summed E-state index contributed by atoms with van der Waals surface area (Å²) in [6, 6.07) is 10.4. The van der Waals surface area contributed by atoms with Crippen LogP contribution in [0.4, 0.5) is 5.69 Å². The summed E-state index contributed by atoms with van der Waals surface area (Å²) in [4.78, 5) is 27.7. The van der Waals surface area contributed by atoms with Gasteiger partial charge in [0.05, 0.1) is 19.8 Å². The van der Waals surface area contributed by atoms with E-state index < -0.39 is 0 Å². The number of unbranched alkanes of at least 4 members (excludes halogenated alkanes) is 1. The molecule has 162 valence electrons. The monoisotopic (exact) mass is 424 g/mol. The van der Waals surface area contributed by atoms with Crippen molar-refractivity contribution < 1.29 is 28.5 Å². The van der Waals surface area contributed by atoms with Crippen LogP contribution in [0, 0.1) is 0 Å². The van der Waals surface area contributed by atoms with Crippen molar-refractivity contribution in [1.82, 2.24) is 4.90 Å². The van der Waals surface area contributed by atoms with Crippen molar-refractivity contribution in [2.45, 2.75) is 19.8 Å².